The van der Waals surface area contributed by atoms with Crippen molar-refractivity contribution in [3.8, 4) is 0 Å². The Morgan fingerprint density at radius 1 is 1.44 bits per heavy atom. The largest absolute Gasteiger partial charge is 0.463 e. The predicted molar refractivity (Wildman–Crippen MR) is 70.0 cm³/mol. The fourth-order valence-electron chi connectivity index (χ4n) is 1.73. The molecule has 0 saturated heterocycles. The van der Waals surface area contributed by atoms with Crippen molar-refractivity contribution < 1.29 is 13.9 Å². The van der Waals surface area contributed by atoms with Gasteiger partial charge in [0.05, 0.1) is 6.61 Å². The second kappa shape index (κ2) is 6.94. The molecular formula is C15H19FO2. The number of carbonyl (C=O) groups excluding carboxylic acids is 1. The Morgan fingerprint density at radius 3 is 2.67 bits per heavy atom. The van der Waals surface area contributed by atoms with E-state index in [4.69, 9.17) is 4.74 Å². The van der Waals surface area contributed by atoms with Crippen molar-refractivity contribution in [2.24, 2.45) is 0 Å². The van der Waals surface area contributed by atoms with E-state index in [0.29, 0.717) is 6.42 Å². The molecule has 1 unspecified atom stereocenters. The monoisotopic (exact) mass is 250 g/mol. The highest BCUT2D eigenvalue weighted by atomic mass is 19.1. The molecule has 0 aliphatic carbocycles. The van der Waals surface area contributed by atoms with Crippen LogP contribution in [-0.4, -0.2) is 18.2 Å². The summed E-state index contributed by atoms with van der Waals surface area (Å²) in [7, 11) is 0. The molecule has 0 fully saturated rings. The number of hydrogen-bond acceptors (Lipinski definition) is 2. The van der Waals surface area contributed by atoms with Gasteiger partial charge in [-0.05, 0) is 37.8 Å². The van der Waals surface area contributed by atoms with Gasteiger partial charge in [0.2, 0.25) is 5.67 Å². The zero-order valence-corrected chi connectivity index (χ0v) is 10.7. The quantitative estimate of drug-likeness (QED) is 0.547. The van der Waals surface area contributed by atoms with Crippen LogP contribution in [0.4, 0.5) is 4.39 Å². The van der Waals surface area contributed by atoms with Gasteiger partial charge in [0.1, 0.15) is 0 Å². The lowest BCUT2D eigenvalue weighted by atomic mass is 9.97. The van der Waals surface area contributed by atoms with Crippen molar-refractivity contribution in [2.45, 2.75) is 31.9 Å². The smallest absolute Gasteiger partial charge is 0.347 e. The van der Waals surface area contributed by atoms with Crippen molar-refractivity contribution in [2.75, 3.05) is 6.61 Å². The van der Waals surface area contributed by atoms with E-state index in [2.05, 4.69) is 6.58 Å². The fourth-order valence-corrected chi connectivity index (χ4v) is 1.73. The molecule has 1 rings (SSSR count). The van der Waals surface area contributed by atoms with Crippen LogP contribution in [0, 0.1) is 0 Å². The minimum atomic E-state index is -2.06. The third kappa shape index (κ3) is 3.99. The molecule has 98 valence electrons. The van der Waals surface area contributed by atoms with Gasteiger partial charge < -0.3 is 4.74 Å². The second-order valence-corrected chi connectivity index (χ2v) is 4.13. The first-order valence-corrected chi connectivity index (χ1v) is 6.16. The average Bonchev–Trinajstić information content (AvgIpc) is 2.40. The van der Waals surface area contributed by atoms with Crippen molar-refractivity contribution in [3.05, 3.63) is 48.6 Å². The van der Waals surface area contributed by atoms with Crippen LogP contribution in [0.15, 0.2) is 43.0 Å². The first-order chi connectivity index (χ1) is 8.62. The van der Waals surface area contributed by atoms with Gasteiger partial charge in [0.25, 0.3) is 0 Å². The van der Waals surface area contributed by atoms with Crippen LogP contribution in [0.3, 0.4) is 0 Å². The van der Waals surface area contributed by atoms with E-state index in [1.54, 1.807) is 6.92 Å². The van der Waals surface area contributed by atoms with E-state index in [-0.39, 0.29) is 13.0 Å². The van der Waals surface area contributed by atoms with Gasteiger partial charge in [-0.15, -0.1) is 0 Å². The van der Waals surface area contributed by atoms with Crippen LogP contribution >= 0.6 is 0 Å². The normalized spacial score (nSPS) is 13.7. The number of hydrogen-bond donors (Lipinski definition) is 0. The average molecular weight is 250 g/mol. The highest BCUT2D eigenvalue weighted by Gasteiger charge is 2.36. The molecule has 1 aromatic carbocycles. The molecule has 0 N–H and O–H groups in total. The summed E-state index contributed by atoms with van der Waals surface area (Å²) in [5.41, 5.74) is -0.932. The molecule has 2 nitrogen and oxygen atoms in total. The van der Waals surface area contributed by atoms with E-state index in [1.165, 1.54) is 0 Å². The molecule has 0 aliphatic heterocycles. The summed E-state index contributed by atoms with van der Waals surface area (Å²) in [5.74, 6) is -0.840. The first kappa shape index (κ1) is 14.4. The summed E-state index contributed by atoms with van der Waals surface area (Å²) >= 11 is 0. The van der Waals surface area contributed by atoms with Crippen LogP contribution in [0.1, 0.15) is 25.3 Å². The SMILES string of the molecule is C=CC(F)(CCCc1ccccc1)C(=O)OCC. The Bertz CT molecular complexity index is 389. The zero-order chi connectivity index (χ0) is 13.4. The maximum absolute atomic E-state index is 14.2. The molecule has 0 saturated carbocycles. The van der Waals surface area contributed by atoms with E-state index >= 15 is 0 Å². The van der Waals surface area contributed by atoms with Crippen molar-refractivity contribution in [1.82, 2.24) is 0 Å². The Hall–Kier alpha value is -1.64. The van der Waals surface area contributed by atoms with Gasteiger partial charge in [-0.25, -0.2) is 9.18 Å². The van der Waals surface area contributed by atoms with Crippen molar-refractivity contribution in [3.63, 3.8) is 0 Å². The summed E-state index contributed by atoms with van der Waals surface area (Å²) in [4.78, 5) is 11.5. The zero-order valence-electron chi connectivity index (χ0n) is 10.7. The van der Waals surface area contributed by atoms with E-state index in [9.17, 15) is 9.18 Å². The molecule has 0 amide bonds. The van der Waals surface area contributed by atoms with Gasteiger partial charge in [0.15, 0.2) is 0 Å². The molecule has 0 aliphatic rings. The minimum absolute atomic E-state index is 0.101. The molecular weight excluding hydrogens is 231 g/mol. The van der Waals surface area contributed by atoms with Crippen LogP contribution in [0.2, 0.25) is 0 Å². The molecule has 0 aromatic heterocycles. The van der Waals surface area contributed by atoms with Gasteiger partial charge in [-0.1, -0.05) is 36.9 Å². The Kier molecular flexibility index (Phi) is 5.56. The molecule has 1 aromatic rings. The summed E-state index contributed by atoms with van der Waals surface area (Å²) in [6, 6.07) is 9.79. The standard InChI is InChI=1S/C15H19FO2/c1-3-15(16,14(17)18-4-2)12-8-11-13-9-6-5-7-10-13/h3,5-7,9-10H,1,4,8,11-12H2,2H3. The lowest BCUT2D eigenvalue weighted by Crippen LogP contribution is -2.33. The summed E-state index contributed by atoms with van der Waals surface area (Å²) < 4.78 is 18.9. The first-order valence-electron chi connectivity index (χ1n) is 6.16. The Balaban J connectivity index is 2.49. The van der Waals surface area contributed by atoms with Gasteiger partial charge in [-0.2, -0.15) is 0 Å². The third-order valence-electron chi connectivity index (χ3n) is 2.79. The van der Waals surface area contributed by atoms with Crippen molar-refractivity contribution in [1.29, 1.82) is 0 Å². The van der Waals surface area contributed by atoms with Gasteiger partial charge >= 0.3 is 5.97 Å². The lowest BCUT2D eigenvalue weighted by molar-refractivity contribution is -0.154. The Morgan fingerprint density at radius 2 is 2.11 bits per heavy atom. The number of rotatable bonds is 7. The molecule has 3 heteroatoms. The molecule has 18 heavy (non-hydrogen) atoms. The Labute approximate surface area is 107 Å². The van der Waals surface area contributed by atoms with Crippen LogP contribution in [-0.2, 0) is 16.0 Å². The number of halogens is 1. The van der Waals surface area contributed by atoms with Crippen molar-refractivity contribution >= 4 is 5.97 Å². The van der Waals surface area contributed by atoms with E-state index in [0.717, 1.165) is 18.1 Å². The van der Waals surface area contributed by atoms with E-state index < -0.39 is 11.6 Å². The molecule has 0 radical (unpaired) electrons. The maximum atomic E-state index is 14.2. The molecule has 0 spiro atoms. The van der Waals surface area contributed by atoms with Crippen LogP contribution < -0.4 is 0 Å². The van der Waals surface area contributed by atoms with Crippen LogP contribution in [0.25, 0.3) is 0 Å². The fraction of sp³-hybridized carbons (Fsp3) is 0.400. The van der Waals surface area contributed by atoms with E-state index in [1.807, 2.05) is 30.3 Å². The van der Waals surface area contributed by atoms with Gasteiger partial charge in [0, 0.05) is 0 Å². The predicted octanol–water partition coefficient (Wildman–Crippen LogP) is 3.47. The van der Waals surface area contributed by atoms with Gasteiger partial charge in [-0.3, -0.25) is 0 Å². The lowest BCUT2D eigenvalue weighted by Gasteiger charge is -2.19. The molecule has 0 heterocycles. The highest BCUT2D eigenvalue weighted by molar-refractivity contribution is 5.81. The van der Waals surface area contributed by atoms with Crippen LogP contribution in [0.5, 0.6) is 0 Å². The number of esters is 1. The summed E-state index contributed by atoms with van der Waals surface area (Å²) in [6.07, 6.45) is 2.45. The summed E-state index contributed by atoms with van der Waals surface area (Å²) in [5, 5.41) is 0. The number of aryl methyl sites for hydroxylation is 1. The number of benzene rings is 1. The number of carbonyl (C=O) groups is 1. The summed E-state index contributed by atoms with van der Waals surface area (Å²) in [6.45, 7) is 5.22. The maximum Gasteiger partial charge on any atom is 0.347 e. The second-order valence-electron chi connectivity index (χ2n) is 4.13. The third-order valence-corrected chi connectivity index (χ3v) is 2.79. The topological polar surface area (TPSA) is 26.3 Å². The number of alkyl halides is 1. The highest BCUT2D eigenvalue weighted by Crippen LogP contribution is 2.23. The number of ether oxygens (including phenoxy) is 1. The molecule has 0 bridgehead atoms. The molecule has 1 atom stereocenters. The minimum Gasteiger partial charge on any atom is -0.463 e.